The van der Waals surface area contributed by atoms with Crippen LogP contribution >= 0.6 is 0 Å². The molecule has 1 fully saturated rings. The zero-order valence-electron chi connectivity index (χ0n) is 8.04. The number of carbonyl (C=O) groups is 1. The van der Waals surface area contributed by atoms with Gasteiger partial charge < -0.3 is 15.2 Å². The first-order valence-corrected chi connectivity index (χ1v) is 4.66. The van der Waals surface area contributed by atoms with Crippen LogP contribution < -0.4 is 5.73 Å². The van der Waals surface area contributed by atoms with E-state index < -0.39 is 0 Å². The van der Waals surface area contributed by atoms with Crippen molar-refractivity contribution >= 4 is 5.97 Å². The lowest BCUT2D eigenvalue weighted by atomic mass is 9.84. The summed E-state index contributed by atoms with van der Waals surface area (Å²) in [4.78, 5) is 11.2. The lowest BCUT2D eigenvalue weighted by Gasteiger charge is -2.23. The summed E-state index contributed by atoms with van der Waals surface area (Å²) in [5.74, 6) is -0.168. The standard InChI is InChI=1S/C9H17NO3/c1-2-13-8(11)5-9(6-10)3-4-12-7-9/h2-7,10H2,1H3. The smallest absolute Gasteiger partial charge is 0.306 e. The second-order valence-electron chi connectivity index (χ2n) is 3.49. The highest BCUT2D eigenvalue weighted by Gasteiger charge is 2.36. The average molecular weight is 187 g/mol. The molecule has 1 unspecified atom stereocenters. The molecule has 0 aliphatic carbocycles. The van der Waals surface area contributed by atoms with E-state index in [4.69, 9.17) is 15.2 Å². The van der Waals surface area contributed by atoms with Crippen LogP contribution in [0.4, 0.5) is 0 Å². The molecule has 1 saturated heterocycles. The molecular formula is C9H17NO3. The van der Waals surface area contributed by atoms with Gasteiger partial charge in [-0.15, -0.1) is 0 Å². The molecule has 0 aromatic heterocycles. The third kappa shape index (κ3) is 2.67. The number of hydrogen-bond acceptors (Lipinski definition) is 4. The summed E-state index contributed by atoms with van der Waals surface area (Å²) < 4.78 is 10.1. The first kappa shape index (κ1) is 10.5. The van der Waals surface area contributed by atoms with Gasteiger partial charge >= 0.3 is 5.97 Å². The van der Waals surface area contributed by atoms with Crippen LogP contribution in [0, 0.1) is 5.41 Å². The number of hydrogen-bond donors (Lipinski definition) is 1. The Morgan fingerprint density at radius 2 is 2.46 bits per heavy atom. The third-order valence-corrected chi connectivity index (χ3v) is 2.44. The Kier molecular flexibility index (Phi) is 3.69. The summed E-state index contributed by atoms with van der Waals surface area (Å²) >= 11 is 0. The highest BCUT2D eigenvalue weighted by atomic mass is 16.5. The quantitative estimate of drug-likeness (QED) is 0.643. The second kappa shape index (κ2) is 4.58. The van der Waals surface area contributed by atoms with Crippen molar-refractivity contribution in [2.24, 2.45) is 11.1 Å². The van der Waals surface area contributed by atoms with Gasteiger partial charge in [-0.05, 0) is 13.3 Å². The van der Waals surface area contributed by atoms with Crippen molar-refractivity contribution in [2.45, 2.75) is 19.8 Å². The van der Waals surface area contributed by atoms with Crippen molar-refractivity contribution in [2.75, 3.05) is 26.4 Å². The molecule has 13 heavy (non-hydrogen) atoms. The molecule has 0 amide bonds. The van der Waals surface area contributed by atoms with Crippen LogP contribution in [0.3, 0.4) is 0 Å². The minimum atomic E-state index is -0.168. The number of rotatable bonds is 4. The molecule has 1 aliphatic heterocycles. The van der Waals surface area contributed by atoms with E-state index in [0.29, 0.717) is 32.8 Å². The third-order valence-electron chi connectivity index (χ3n) is 2.44. The van der Waals surface area contributed by atoms with E-state index in [-0.39, 0.29) is 11.4 Å². The Bertz CT molecular complexity index is 176. The lowest BCUT2D eigenvalue weighted by Crippen LogP contribution is -2.34. The largest absolute Gasteiger partial charge is 0.466 e. The van der Waals surface area contributed by atoms with E-state index in [1.54, 1.807) is 6.92 Å². The Labute approximate surface area is 78.4 Å². The van der Waals surface area contributed by atoms with Crippen LogP contribution in [-0.4, -0.2) is 32.3 Å². The zero-order valence-corrected chi connectivity index (χ0v) is 8.04. The van der Waals surface area contributed by atoms with Gasteiger partial charge in [0.05, 0.1) is 19.6 Å². The molecule has 0 bridgehead atoms. The molecule has 4 heteroatoms. The Morgan fingerprint density at radius 1 is 1.69 bits per heavy atom. The second-order valence-corrected chi connectivity index (χ2v) is 3.49. The van der Waals surface area contributed by atoms with Crippen molar-refractivity contribution in [3.05, 3.63) is 0 Å². The first-order valence-electron chi connectivity index (χ1n) is 4.66. The van der Waals surface area contributed by atoms with E-state index in [2.05, 4.69) is 0 Å². The highest BCUT2D eigenvalue weighted by Crippen LogP contribution is 2.31. The number of carbonyl (C=O) groups excluding carboxylic acids is 1. The summed E-state index contributed by atoms with van der Waals surface area (Å²) in [6.07, 6.45) is 1.25. The zero-order chi connectivity index (χ0) is 9.73. The summed E-state index contributed by atoms with van der Waals surface area (Å²) in [6.45, 7) is 4.02. The maximum Gasteiger partial charge on any atom is 0.306 e. The highest BCUT2D eigenvalue weighted by molar-refractivity contribution is 5.70. The van der Waals surface area contributed by atoms with Gasteiger partial charge in [-0.1, -0.05) is 0 Å². The van der Waals surface area contributed by atoms with Crippen molar-refractivity contribution in [3.8, 4) is 0 Å². The van der Waals surface area contributed by atoms with Gasteiger partial charge in [-0.25, -0.2) is 0 Å². The van der Waals surface area contributed by atoms with Crippen LogP contribution in [0.2, 0.25) is 0 Å². The van der Waals surface area contributed by atoms with Crippen LogP contribution in [0.15, 0.2) is 0 Å². The molecule has 1 heterocycles. The van der Waals surface area contributed by atoms with Crippen LogP contribution in [0.1, 0.15) is 19.8 Å². The van der Waals surface area contributed by atoms with Crippen molar-refractivity contribution in [1.82, 2.24) is 0 Å². The number of ether oxygens (including phenoxy) is 2. The predicted octanol–water partition coefficient (Wildman–Crippen LogP) is 0.305. The van der Waals surface area contributed by atoms with Gasteiger partial charge in [0.2, 0.25) is 0 Å². The van der Waals surface area contributed by atoms with E-state index in [9.17, 15) is 4.79 Å². The van der Waals surface area contributed by atoms with Crippen molar-refractivity contribution in [3.63, 3.8) is 0 Å². The molecule has 0 spiro atoms. The fourth-order valence-corrected chi connectivity index (χ4v) is 1.54. The molecule has 0 aromatic rings. The molecule has 1 aliphatic rings. The SMILES string of the molecule is CCOC(=O)CC1(CN)CCOC1. The molecule has 0 saturated carbocycles. The van der Waals surface area contributed by atoms with Crippen LogP contribution in [-0.2, 0) is 14.3 Å². The summed E-state index contributed by atoms with van der Waals surface area (Å²) in [5.41, 5.74) is 5.47. The Balaban J connectivity index is 2.43. The van der Waals surface area contributed by atoms with Crippen LogP contribution in [0.5, 0.6) is 0 Å². The van der Waals surface area contributed by atoms with Gasteiger partial charge in [-0.3, -0.25) is 4.79 Å². The van der Waals surface area contributed by atoms with E-state index in [1.165, 1.54) is 0 Å². The van der Waals surface area contributed by atoms with Crippen LogP contribution in [0.25, 0.3) is 0 Å². The predicted molar refractivity (Wildman–Crippen MR) is 48.2 cm³/mol. The minimum Gasteiger partial charge on any atom is -0.466 e. The van der Waals surface area contributed by atoms with E-state index in [0.717, 1.165) is 6.42 Å². The Morgan fingerprint density at radius 3 is 2.92 bits per heavy atom. The molecule has 0 aromatic carbocycles. The molecule has 1 atom stereocenters. The van der Waals surface area contributed by atoms with E-state index in [1.807, 2.05) is 0 Å². The van der Waals surface area contributed by atoms with Gasteiger partial charge in [0.15, 0.2) is 0 Å². The van der Waals surface area contributed by atoms with Crippen molar-refractivity contribution < 1.29 is 14.3 Å². The maximum atomic E-state index is 11.2. The van der Waals surface area contributed by atoms with Gasteiger partial charge in [-0.2, -0.15) is 0 Å². The first-order chi connectivity index (χ1) is 6.22. The fraction of sp³-hybridized carbons (Fsp3) is 0.889. The summed E-state index contributed by atoms with van der Waals surface area (Å²) in [5, 5.41) is 0. The van der Waals surface area contributed by atoms with Gasteiger partial charge in [0.1, 0.15) is 0 Å². The molecule has 4 nitrogen and oxygen atoms in total. The molecule has 76 valence electrons. The molecule has 1 rings (SSSR count). The lowest BCUT2D eigenvalue weighted by molar-refractivity contribution is -0.145. The Hall–Kier alpha value is -0.610. The van der Waals surface area contributed by atoms with E-state index >= 15 is 0 Å². The number of esters is 1. The summed E-state index contributed by atoms with van der Waals surface area (Å²) in [7, 11) is 0. The molecule has 0 radical (unpaired) electrons. The summed E-state index contributed by atoms with van der Waals surface area (Å²) in [6, 6.07) is 0. The molecule has 2 N–H and O–H groups in total. The van der Waals surface area contributed by atoms with Gasteiger partial charge in [0, 0.05) is 18.6 Å². The van der Waals surface area contributed by atoms with Gasteiger partial charge in [0.25, 0.3) is 0 Å². The average Bonchev–Trinajstić information content (AvgIpc) is 2.54. The monoisotopic (exact) mass is 187 g/mol. The maximum absolute atomic E-state index is 11.2. The van der Waals surface area contributed by atoms with Crippen molar-refractivity contribution in [1.29, 1.82) is 0 Å². The molecular weight excluding hydrogens is 170 g/mol. The fourth-order valence-electron chi connectivity index (χ4n) is 1.54. The topological polar surface area (TPSA) is 61.5 Å². The number of nitrogens with two attached hydrogens (primary N) is 1. The normalized spacial score (nSPS) is 27.5. The minimum absolute atomic E-state index is 0.160.